The molecule has 2 aliphatic heterocycles. The van der Waals surface area contributed by atoms with Crippen LogP contribution >= 0.6 is 0 Å². The van der Waals surface area contributed by atoms with Gasteiger partial charge in [-0.2, -0.15) is 0 Å². The van der Waals surface area contributed by atoms with Crippen LogP contribution in [0, 0.1) is 0 Å². The maximum absolute atomic E-state index is 5.35. The number of likely N-dealkylation sites (N-methyl/N-ethyl adjacent to an activating group) is 1. The largest absolute Gasteiger partial charge is 0.379 e. The molecule has 0 aromatic rings. The van der Waals surface area contributed by atoms with Crippen LogP contribution in [0.5, 0.6) is 0 Å². The smallest absolute Gasteiger partial charge is 0.0594 e. The predicted molar refractivity (Wildman–Crippen MR) is 70.4 cm³/mol. The number of hydrogen-bond donors (Lipinski definition) is 1. The van der Waals surface area contributed by atoms with E-state index in [4.69, 9.17) is 4.74 Å². The van der Waals surface area contributed by atoms with E-state index in [2.05, 4.69) is 22.2 Å². The van der Waals surface area contributed by atoms with Crippen LogP contribution in [0.1, 0.15) is 19.3 Å². The third-order valence-electron chi connectivity index (χ3n) is 4.01. The van der Waals surface area contributed by atoms with Gasteiger partial charge in [-0.05, 0) is 26.4 Å². The minimum Gasteiger partial charge on any atom is -0.379 e. The summed E-state index contributed by atoms with van der Waals surface area (Å²) in [6.07, 6.45) is 4.14. The monoisotopic (exact) mass is 241 g/mol. The first-order chi connectivity index (χ1) is 8.36. The molecule has 2 fully saturated rings. The summed E-state index contributed by atoms with van der Waals surface area (Å²) < 4.78 is 5.35. The van der Waals surface area contributed by atoms with Gasteiger partial charge in [0.2, 0.25) is 0 Å². The zero-order chi connectivity index (χ0) is 11.9. The summed E-state index contributed by atoms with van der Waals surface area (Å²) >= 11 is 0. The highest BCUT2D eigenvalue weighted by Gasteiger charge is 2.18. The van der Waals surface area contributed by atoms with Gasteiger partial charge in [-0.1, -0.05) is 6.42 Å². The second kappa shape index (κ2) is 7.31. The van der Waals surface area contributed by atoms with E-state index in [0.29, 0.717) is 0 Å². The van der Waals surface area contributed by atoms with Gasteiger partial charge >= 0.3 is 0 Å². The van der Waals surface area contributed by atoms with Crippen LogP contribution in [0.15, 0.2) is 0 Å². The molecule has 0 aliphatic carbocycles. The van der Waals surface area contributed by atoms with Gasteiger partial charge in [0, 0.05) is 38.8 Å². The van der Waals surface area contributed by atoms with Crippen molar-refractivity contribution in [2.45, 2.75) is 25.3 Å². The van der Waals surface area contributed by atoms with E-state index in [9.17, 15) is 0 Å². The van der Waals surface area contributed by atoms with Crippen LogP contribution in [0.4, 0.5) is 0 Å². The molecular weight excluding hydrogens is 214 g/mol. The van der Waals surface area contributed by atoms with Crippen LogP contribution in [0.25, 0.3) is 0 Å². The minimum absolute atomic E-state index is 0.758. The fraction of sp³-hybridized carbons (Fsp3) is 1.00. The average molecular weight is 241 g/mol. The molecule has 1 N–H and O–H groups in total. The summed E-state index contributed by atoms with van der Waals surface area (Å²) in [6, 6.07) is 0.758. The molecule has 0 aromatic carbocycles. The van der Waals surface area contributed by atoms with Gasteiger partial charge in [0.25, 0.3) is 0 Å². The van der Waals surface area contributed by atoms with Crippen LogP contribution in [-0.4, -0.2) is 75.4 Å². The number of morpholine rings is 1. The molecule has 2 saturated heterocycles. The first-order valence-electron chi connectivity index (χ1n) is 7.07. The summed E-state index contributed by atoms with van der Waals surface area (Å²) in [5.41, 5.74) is 0. The molecule has 0 bridgehead atoms. The summed E-state index contributed by atoms with van der Waals surface area (Å²) in [5.74, 6) is 0. The number of ether oxygens (including phenoxy) is 1. The predicted octanol–water partition coefficient (Wildman–Crippen LogP) is 0.393. The van der Waals surface area contributed by atoms with Gasteiger partial charge in [0.05, 0.1) is 13.2 Å². The van der Waals surface area contributed by atoms with Crippen LogP contribution in [0.2, 0.25) is 0 Å². The van der Waals surface area contributed by atoms with Crippen molar-refractivity contribution in [2.24, 2.45) is 0 Å². The number of piperidine rings is 1. The van der Waals surface area contributed by atoms with Gasteiger partial charge in [0.1, 0.15) is 0 Å². The number of nitrogens with one attached hydrogen (secondary N) is 1. The topological polar surface area (TPSA) is 27.7 Å². The third-order valence-corrected chi connectivity index (χ3v) is 4.01. The molecule has 100 valence electrons. The van der Waals surface area contributed by atoms with E-state index in [1.165, 1.54) is 32.4 Å². The third kappa shape index (κ3) is 4.54. The quantitative estimate of drug-likeness (QED) is 0.705. The van der Waals surface area contributed by atoms with Crippen LogP contribution < -0.4 is 5.32 Å². The molecule has 1 atom stereocenters. The minimum atomic E-state index is 0.758. The molecular formula is C13H27N3O. The first kappa shape index (κ1) is 13.3. The second-order valence-electron chi connectivity index (χ2n) is 5.29. The lowest BCUT2D eigenvalue weighted by molar-refractivity contribution is 0.0381. The molecule has 2 rings (SSSR count). The Balaban J connectivity index is 1.53. The summed E-state index contributed by atoms with van der Waals surface area (Å²) in [6.45, 7) is 8.73. The SMILES string of the molecule is CN1CCCCC1CNCCN1CCOCC1. The molecule has 0 saturated carbocycles. The Labute approximate surface area is 105 Å². The van der Waals surface area contributed by atoms with Crippen LogP contribution in [-0.2, 0) is 4.74 Å². The lowest BCUT2D eigenvalue weighted by atomic mass is 10.0. The van der Waals surface area contributed by atoms with Crippen molar-refractivity contribution in [3.63, 3.8) is 0 Å². The molecule has 17 heavy (non-hydrogen) atoms. The van der Waals surface area contributed by atoms with E-state index in [0.717, 1.165) is 45.4 Å². The molecule has 0 aromatic heterocycles. The maximum Gasteiger partial charge on any atom is 0.0594 e. The van der Waals surface area contributed by atoms with Gasteiger partial charge in [0.15, 0.2) is 0 Å². The zero-order valence-electron chi connectivity index (χ0n) is 11.2. The highest BCUT2D eigenvalue weighted by Crippen LogP contribution is 2.13. The van der Waals surface area contributed by atoms with Crippen molar-refractivity contribution in [1.82, 2.24) is 15.1 Å². The fourth-order valence-electron chi connectivity index (χ4n) is 2.73. The highest BCUT2D eigenvalue weighted by atomic mass is 16.5. The number of hydrogen-bond acceptors (Lipinski definition) is 4. The summed E-state index contributed by atoms with van der Waals surface area (Å²) in [5, 5.41) is 3.61. The Kier molecular flexibility index (Phi) is 5.71. The molecule has 0 spiro atoms. The Morgan fingerprint density at radius 1 is 1.18 bits per heavy atom. The van der Waals surface area contributed by atoms with E-state index in [1.807, 2.05) is 0 Å². The van der Waals surface area contributed by atoms with Gasteiger partial charge in [-0.25, -0.2) is 0 Å². The molecule has 1 unspecified atom stereocenters. The lowest BCUT2D eigenvalue weighted by Gasteiger charge is -2.33. The van der Waals surface area contributed by atoms with Gasteiger partial charge < -0.3 is 15.0 Å². The Morgan fingerprint density at radius 3 is 2.76 bits per heavy atom. The molecule has 4 nitrogen and oxygen atoms in total. The van der Waals surface area contributed by atoms with Crippen molar-refractivity contribution < 1.29 is 4.74 Å². The van der Waals surface area contributed by atoms with Crippen LogP contribution in [0.3, 0.4) is 0 Å². The van der Waals surface area contributed by atoms with E-state index >= 15 is 0 Å². The van der Waals surface area contributed by atoms with Gasteiger partial charge in [-0.3, -0.25) is 4.90 Å². The van der Waals surface area contributed by atoms with Gasteiger partial charge in [-0.15, -0.1) is 0 Å². The fourth-order valence-corrected chi connectivity index (χ4v) is 2.73. The molecule has 2 heterocycles. The molecule has 2 aliphatic rings. The van der Waals surface area contributed by atoms with Crippen molar-refractivity contribution in [3.05, 3.63) is 0 Å². The lowest BCUT2D eigenvalue weighted by Crippen LogP contribution is -2.45. The van der Waals surface area contributed by atoms with E-state index < -0.39 is 0 Å². The number of nitrogens with zero attached hydrogens (tertiary/aromatic N) is 2. The maximum atomic E-state index is 5.35. The van der Waals surface area contributed by atoms with Crippen molar-refractivity contribution in [2.75, 3.05) is 59.5 Å². The molecule has 0 radical (unpaired) electrons. The highest BCUT2D eigenvalue weighted by molar-refractivity contribution is 4.76. The first-order valence-corrected chi connectivity index (χ1v) is 7.07. The number of rotatable bonds is 5. The Bertz CT molecular complexity index is 207. The standard InChI is InChI=1S/C13H27N3O/c1-15-6-3-2-4-13(15)12-14-5-7-16-8-10-17-11-9-16/h13-14H,2-12H2,1H3. The normalized spacial score (nSPS) is 28.4. The molecule has 4 heteroatoms. The Hall–Kier alpha value is -0.160. The zero-order valence-corrected chi connectivity index (χ0v) is 11.2. The van der Waals surface area contributed by atoms with Crippen molar-refractivity contribution in [3.8, 4) is 0 Å². The second-order valence-corrected chi connectivity index (χ2v) is 5.29. The van der Waals surface area contributed by atoms with Crippen molar-refractivity contribution >= 4 is 0 Å². The summed E-state index contributed by atoms with van der Waals surface area (Å²) in [4.78, 5) is 4.99. The number of likely N-dealkylation sites (tertiary alicyclic amines) is 1. The molecule has 0 amide bonds. The van der Waals surface area contributed by atoms with Crippen molar-refractivity contribution in [1.29, 1.82) is 0 Å². The Morgan fingerprint density at radius 2 is 2.00 bits per heavy atom. The summed E-state index contributed by atoms with van der Waals surface area (Å²) in [7, 11) is 2.26. The average Bonchev–Trinajstić information content (AvgIpc) is 2.38. The van der Waals surface area contributed by atoms with E-state index in [1.54, 1.807) is 0 Å². The van der Waals surface area contributed by atoms with E-state index in [-0.39, 0.29) is 0 Å².